The van der Waals surface area contributed by atoms with Crippen molar-refractivity contribution >= 4 is 17.7 Å². The second-order valence-electron chi connectivity index (χ2n) is 7.38. The standard InChI is InChI=1S/C22H28N2O5/c1-28-18-10-9-15(14-19(18)29-2)11-12-23-20(25)8-5-13-24-21(26)16-6-3-4-7-17(16)22(24)27/h3-4,9-10,14,16-17H,5-8,11-13H2,1-2H3,(H,23,25)/t16-,17+. The minimum absolute atomic E-state index is 0.0799. The number of carbonyl (C=O) groups is 3. The molecule has 1 N–H and O–H groups in total. The maximum atomic E-state index is 12.4. The molecule has 1 aliphatic carbocycles. The molecule has 3 rings (SSSR count). The summed E-state index contributed by atoms with van der Waals surface area (Å²) < 4.78 is 10.5. The van der Waals surface area contributed by atoms with Crippen LogP contribution in [-0.2, 0) is 20.8 Å². The highest BCUT2D eigenvalue weighted by Gasteiger charge is 2.46. The highest BCUT2D eigenvalue weighted by atomic mass is 16.5. The van der Waals surface area contributed by atoms with Crippen LogP contribution in [0.5, 0.6) is 11.5 Å². The summed E-state index contributed by atoms with van der Waals surface area (Å²) in [5, 5.41) is 2.89. The first-order valence-corrected chi connectivity index (χ1v) is 10.0. The average Bonchev–Trinajstić information content (AvgIpc) is 2.98. The van der Waals surface area contributed by atoms with Crippen molar-refractivity contribution in [2.75, 3.05) is 27.3 Å². The Balaban J connectivity index is 1.38. The van der Waals surface area contributed by atoms with E-state index in [1.165, 1.54) is 4.90 Å². The van der Waals surface area contributed by atoms with E-state index in [9.17, 15) is 14.4 Å². The first-order valence-electron chi connectivity index (χ1n) is 10.0. The van der Waals surface area contributed by atoms with Gasteiger partial charge in [0.1, 0.15) is 0 Å². The third-order valence-corrected chi connectivity index (χ3v) is 5.57. The van der Waals surface area contributed by atoms with E-state index in [4.69, 9.17) is 9.47 Å². The molecule has 29 heavy (non-hydrogen) atoms. The lowest BCUT2D eigenvalue weighted by molar-refractivity contribution is -0.140. The molecule has 3 amide bonds. The molecule has 1 aromatic rings. The maximum Gasteiger partial charge on any atom is 0.233 e. The van der Waals surface area contributed by atoms with Gasteiger partial charge in [-0.15, -0.1) is 0 Å². The molecule has 1 saturated heterocycles. The largest absolute Gasteiger partial charge is 0.493 e. The second-order valence-corrected chi connectivity index (χ2v) is 7.38. The lowest BCUT2D eigenvalue weighted by Crippen LogP contribution is -2.33. The summed E-state index contributed by atoms with van der Waals surface area (Å²) in [6, 6.07) is 5.67. The predicted molar refractivity (Wildman–Crippen MR) is 108 cm³/mol. The van der Waals surface area contributed by atoms with Crippen molar-refractivity contribution in [3.05, 3.63) is 35.9 Å². The van der Waals surface area contributed by atoms with Crippen molar-refractivity contribution in [3.8, 4) is 11.5 Å². The van der Waals surface area contributed by atoms with E-state index >= 15 is 0 Å². The molecule has 0 radical (unpaired) electrons. The van der Waals surface area contributed by atoms with E-state index in [0.717, 1.165) is 5.56 Å². The lowest BCUT2D eigenvalue weighted by atomic mass is 9.85. The number of ether oxygens (including phenoxy) is 2. The monoisotopic (exact) mass is 400 g/mol. The van der Waals surface area contributed by atoms with Crippen molar-refractivity contribution in [1.29, 1.82) is 0 Å². The minimum Gasteiger partial charge on any atom is -0.493 e. The van der Waals surface area contributed by atoms with Gasteiger partial charge < -0.3 is 14.8 Å². The van der Waals surface area contributed by atoms with Crippen LogP contribution in [0.3, 0.4) is 0 Å². The third kappa shape index (κ3) is 4.78. The molecule has 1 fully saturated rings. The number of nitrogens with one attached hydrogen (secondary N) is 1. The molecule has 1 aliphatic heterocycles. The summed E-state index contributed by atoms with van der Waals surface area (Å²) in [6.45, 7) is 0.819. The van der Waals surface area contributed by atoms with E-state index in [2.05, 4.69) is 5.32 Å². The van der Waals surface area contributed by atoms with Gasteiger partial charge in [-0.25, -0.2) is 0 Å². The Hall–Kier alpha value is -2.83. The van der Waals surface area contributed by atoms with Gasteiger partial charge in [-0.2, -0.15) is 0 Å². The molecule has 0 spiro atoms. The van der Waals surface area contributed by atoms with E-state index < -0.39 is 0 Å². The Morgan fingerprint density at radius 3 is 2.34 bits per heavy atom. The maximum absolute atomic E-state index is 12.4. The van der Waals surface area contributed by atoms with Crippen LogP contribution in [0.4, 0.5) is 0 Å². The number of likely N-dealkylation sites (tertiary alicyclic amines) is 1. The molecule has 0 aromatic heterocycles. The van der Waals surface area contributed by atoms with Gasteiger partial charge in [-0.05, 0) is 43.4 Å². The van der Waals surface area contributed by atoms with Crippen molar-refractivity contribution in [1.82, 2.24) is 10.2 Å². The molecule has 2 aliphatic rings. The van der Waals surface area contributed by atoms with Crippen LogP contribution in [0.1, 0.15) is 31.2 Å². The zero-order valence-corrected chi connectivity index (χ0v) is 17.0. The smallest absolute Gasteiger partial charge is 0.233 e. The molecule has 1 aromatic carbocycles. The summed E-state index contributed by atoms with van der Waals surface area (Å²) in [7, 11) is 3.18. The number of allylic oxidation sites excluding steroid dienone is 2. The SMILES string of the molecule is COc1ccc(CCNC(=O)CCCN2C(=O)[C@H]3CC=CC[C@H]3C2=O)cc1OC. The summed E-state index contributed by atoms with van der Waals surface area (Å²) in [4.78, 5) is 38.2. The first-order chi connectivity index (χ1) is 14.0. The fraction of sp³-hybridized carbons (Fsp3) is 0.500. The number of rotatable bonds is 9. The van der Waals surface area contributed by atoms with Gasteiger partial charge in [-0.1, -0.05) is 18.2 Å². The Morgan fingerprint density at radius 2 is 1.72 bits per heavy atom. The quantitative estimate of drug-likeness (QED) is 0.507. The summed E-state index contributed by atoms with van der Waals surface area (Å²) in [5.41, 5.74) is 1.03. The summed E-state index contributed by atoms with van der Waals surface area (Å²) in [5.74, 6) is 0.666. The lowest BCUT2D eigenvalue weighted by Gasteiger charge is -2.14. The summed E-state index contributed by atoms with van der Waals surface area (Å²) >= 11 is 0. The number of benzene rings is 1. The Labute approximate surface area is 171 Å². The molecule has 1 heterocycles. The van der Waals surface area contributed by atoms with Crippen molar-refractivity contribution in [2.24, 2.45) is 11.8 Å². The van der Waals surface area contributed by atoms with E-state index in [1.54, 1.807) is 14.2 Å². The number of hydrogen-bond donors (Lipinski definition) is 1. The van der Waals surface area contributed by atoms with Crippen molar-refractivity contribution in [2.45, 2.75) is 32.1 Å². The average molecular weight is 400 g/mol. The van der Waals surface area contributed by atoms with E-state index in [-0.39, 0.29) is 36.0 Å². The third-order valence-electron chi connectivity index (χ3n) is 5.57. The van der Waals surface area contributed by atoms with Gasteiger partial charge in [0.2, 0.25) is 17.7 Å². The number of amides is 3. The number of methoxy groups -OCH3 is 2. The van der Waals surface area contributed by atoms with E-state index in [0.29, 0.717) is 50.3 Å². The van der Waals surface area contributed by atoms with Crippen LogP contribution in [0, 0.1) is 11.8 Å². The normalized spacial score (nSPS) is 20.6. The van der Waals surface area contributed by atoms with Gasteiger partial charge >= 0.3 is 0 Å². The highest BCUT2D eigenvalue weighted by Crippen LogP contribution is 2.35. The van der Waals surface area contributed by atoms with E-state index in [1.807, 2.05) is 30.4 Å². The Kier molecular flexibility index (Phi) is 6.90. The number of nitrogens with zero attached hydrogens (tertiary/aromatic N) is 1. The zero-order valence-electron chi connectivity index (χ0n) is 17.0. The van der Waals surface area contributed by atoms with Gasteiger partial charge in [0.25, 0.3) is 0 Å². The zero-order chi connectivity index (χ0) is 20.8. The molecule has 0 unspecified atom stereocenters. The van der Waals surface area contributed by atoms with Crippen LogP contribution in [0.25, 0.3) is 0 Å². The number of hydrogen-bond acceptors (Lipinski definition) is 5. The summed E-state index contributed by atoms with van der Waals surface area (Å²) in [6.07, 6.45) is 6.67. The van der Waals surface area contributed by atoms with Crippen molar-refractivity contribution < 1.29 is 23.9 Å². The van der Waals surface area contributed by atoms with Gasteiger partial charge in [0.15, 0.2) is 11.5 Å². The highest BCUT2D eigenvalue weighted by molar-refractivity contribution is 6.05. The topological polar surface area (TPSA) is 84.9 Å². The molecule has 2 atom stereocenters. The van der Waals surface area contributed by atoms with Crippen LogP contribution in [0.15, 0.2) is 30.4 Å². The molecular weight excluding hydrogens is 372 g/mol. The van der Waals surface area contributed by atoms with Crippen molar-refractivity contribution in [3.63, 3.8) is 0 Å². The number of fused-ring (bicyclic) bond motifs is 1. The number of imide groups is 1. The first kappa shape index (κ1) is 20.9. The molecule has 0 bridgehead atoms. The number of carbonyl (C=O) groups excluding carboxylic acids is 3. The van der Waals surface area contributed by atoms with Gasteiger partial charge in [0, 0.05) is 19.5 Å². The fourth-order valence-electron chi connectivity index (χ4n) is 3.96. The van der Waals surface area contributed by atoms with Gasteiger partial charge in [0.05, 0.1) is 26.1 Å². The van der Waals surface area contributed by atoms with Gasteiger partial charge in [-0.3, -0.25) is 19.3 Å². The molecule has 0 saturated carbocycles. The van der Waals surface area contributed by atoms with Crippen LogP contribution in [0.2, 0.25) is 0 Å². The van der Waals surface area contributed by atoms with Crippen LogP contribution >= 0.6 is 0 Å². The molecule has 156 valence electrons. The second kappa shape index (κ2) is 9.58. The predicted octanol–water partition coefficient (Wildman–Crippen LogP) is 2.09. The Morgan fingerprint density at radius 1 is 1.07 bits per heavy atom. The fourth-order valence-corrected chi connectivity index (χ4v) is 3.96. The van der Waals surface area contributed by atoms with Crippen LogP contribution in [-0.4, -0.2) is 49.9 Å². The van der Waals surface area contributed by atoms with Crippen LogP contribution < -0.4 is 14.8 Å². The molecule has 7 nitrogen and oxygen atoms in total. The Bertz CT molecular complexity index is 778. The molecule has 7 heteroatoms. The minimum atomic E-state index is -0.206. The molecular formula is C22H28N2O5.